The van der Waals surface area contributed by atoms with E-state index in [1.54, 1.807) is 0 Å². The summed E-state index contributed by atoms with van der Waals surface area (Å²) in [5.41, 5.74) is 9.05. The van der Waals surface area contributed by atoms with Crippen LogP contribution in [0.3, 0.4) is 0 Å². The van der Waals surface area contributed by atoms with E-state index in [1.807, 2.05) is 60.7 Å². The summed E-state index contributed by atoms with van der Waals surface area (Å²) in [5, 5.41) is 2.65. The van der Waals surface area contributed by atoms with Crippen LogP contribution in [0, 0.1) is 5.41 Å². The minimum Gasteiger partial charge on any atom is -0.309 e. The average molecular weight is 517 g/mol. The molecule has 4 aliphatic rings. The third kappa shape index (κ3) is 3.00. The Morgan fingerprint density at radius 1 is 0.513 bits per heavy atom. The molecule has 1 unspecified atom stereocenters. The third-order valence-corrected chi connectivity index (χ3v) is 11.8. The number of hydrogen-bond acceptors (Lipinski definition) is 1. The topological polar surface area (TPSA) is 17.1 Å². The maximum absolute atomic E-state index is 16.0. The van der Waals surface area contributed by atoms with Crippen molar-refractivity contribution in [1.82, 2.24) is 0 Å². The lowest BCUT2D eigenvalue weighted by Crippen LogP contribution is -2.33. The zero-order chi connectivity index (χ0) is 26.0. The molecule has 8 rings (SSSR count). The highest BCUT2D eigenvalue weighted by Gasteiger charge is 2.53. The predicted molar refractivity (Wildman–Crippen MR) is 164 cm³/mol. The van der Waals surface area contributed by atoms with Crippen LogP contribution in [0.15, 0.2) is 156 Å². The van der Waals surface area contributed by atoms with E-state index in [2.05, 4.69) is 91.1 Å². The molecule has 0 aliphatic heterocycles. The number of hydrogen-bond donors (Lipinski definition) is 0. The summed E-state index contributed by atoms with van der Waals surface area (Å²) in [6.45, 7) is 0. The highest BCUT2D eigenvalue weighted by atomic mass is 31.2. The van der Waals surface area contributed by atoms with E-state index in [1.165, 1.54) is 44.5 Å². The van der Waals surface area contributed by atoms with Gasteiger partial charge in [-0.05, 0) is 56.7 Å². The maximum Gasteiger partial charge on any atom is 0.168 e. The first-order chi connectivity index (χ1) is 19.2. The molecule has 1 spiro atoms. The monoisotopic (exact) mass is 516 g/mol. The molecule has 0 amide bonds. The summed E-state index contributed by atoms with van der Waals surface area (Å²) in [5.74, 6) is 0. The van der Waals surface area contributed by atoms with Crippen molar-refractivity contribution >= 4 is 41.0 Å². The van der Waals surface area contributed by atoms with Crippen molar-refractivity contribution < 1.29 is 4.57 Å². The van der Waals surface area contributed by atoms with Gasteiger partial charge in [-0.2, -0.15) is 0 Å². The van der Waals surface area contributed by atoms with E-state index in [4.69, 9.17) is 0 Å². The van der Waals surface area contributed by atoms with E-state index in [0.717, 1.165) is 15.9 Å². The Morgan fingerprint density at radius 3 is 1.56 bits per heavy atom. The highest BCUT2D eigenvalue weighted by molar-refractivity contribution is 7.82. The molecule has 4 aliphatic carbocycles. The van der Waals surface area contributed by atoms with Gasteiger partial charge in [0.25, 0.3) is 0 Å². The van der Waals surface area contributed by atoms with Crippen LogP contribution >= 0.6 is 7.14 Å². The highest BCUT2D eigenvalue weighted by Crippen LogP contribution is 2.70. The van der Waals surface area contributed by atoms with E-state index in [0.29, 0.717) is 0 Å². The van der Waals surface area contributed by atoms with Crippen LogP contribution in [0.1, 0.15) is 22.3 Å². The van der Waals surface area contributed by atoms with E-state index >= 15 is 4.57 Å². The van der Waals surface area contributed by atoms with E-state index in [9.17, 15) is 0 Å². The molecule has 0 heterocycles. The SMILES string of the molecule is O=P(C1=CC=C2C(=Cc3ccccc32)C12C=CC=C1C2=Cc2ccccc21)(c1ccccc1)c1ccccc1. The Morgan fingerprint density at radius 2 is 1.00 bits per heavy atom. The normalized spacial score (nSPS) is 20.2. The molecule has 0 saturated carbocycles. The molecule has 39 heavy (non-hydrogen) atoms. The summed E-state index contributed by atoms with van der Waals surface area (Å²) in [7, 11) is -3.27. The van der Waals surface area contributed by atoms with Gasteiger partial charge in [-0.25, -0.2) is 0 Å². The molecule has 2 heteroatoms. The molecular weight excluding hydrogens is 491 g/mol. The molecule has 0 N–H and O–H groups in total. The molecule has 0 saturated heterocycles. The van der Waals surface area contributed by atoms with E-state index < -0.39 is 12.6 Å². The van der Waals surface area contributed by atoms with Crippen LogP contribution in [0.25, 0.3) is 23.3 Å². The van der Waals surface area contributed by atoms with Crippen molar-refractivity contribution in [3.05, 3.63) is 178 Å². The Balaban J connectivity index is 1.47. The number of allylic oxidation sites excluding steroid dienone is 10. The summed E-state index contributed by atoms with van der Waals surface area (Å²) >= 11 is 0. The molecule has 4 aromatic rings. The molecular formula is C37H25OP. The zero-order valence-corrected chi connectivity index (χ0v) is 22.2. The molecule has 4 aromatic carbocycles. The molecule has 0 radical (unpaired) electrons. The first kappa shape index (κ1) is 22.5. The predicted octanol–water partition coefficient (Wildman–Crippen LogP) is 8.42. The van der Waals surface area contributed by atoms with Crippen LogP contribution in [0.4, 0.5) is 0 Å². The quantitative estimate of drug-likeness (QED) is 0.250. The van der Waals surface area contributed by atoms with Crippen molar-refractivity contribution in [3.63, 3.8) is 0 Å². The fourth-order valence-electron chi connectivity index (χ4n) is 6.83. The third-order valence-electron chi connectivity index (χ3n) is 8.53. The van der Waals surface area contributed by atoms with Crippen LogP contribution in [-0.2, 0) is 4.57 Å². The van der Waals surface area contributed by atoms with Gasteiger partial charge in [-0.3, -0.25) is 0 Å². The van der Waals surface area contributed by atoms with Crippen LogP contribution in [-0.4, -0.2) is 0 Å². The standard InChI is InChI=1S/C37H25OP/c38-39(28-14-3-1-4-15-28,29-16-5-2-6-17-29)36-22-21-33-31-19-10-8-13-27(31)25-35(33)37(36)23-11-20-32-30-18-9-7-12-26(30)24-34(32)37/h1-25H. The van der Waals surface area contributed by atoms with Crippen molar-refractivity contribution in [3.8, 4) is 0 Å². The smallest absolute Gasteiger partial charge is 0.168 e. The molecule has 0 fully saturated rings. The van der Waals surface area contributed by atoms with Gasteiger partial charge >= 0.3 is 0 Å². The van der Waals surface area contributed by atoms with Gasteiger partial charge in [-0.1, -0.05) is 140 Å². The molecule has 184 valence electrons. The van der Waals surface area contributed by atoms with Gasteiger partial charge < -0.3 is 4.57 Å². The van der Waals surface area contributed by atoms with Crippen LogP contribution in [0.2, 0.25) is 0 Å². The molecule has 0 bridgehead atoms. The lowest BCUT2D eigenvalue weighted by molar-refractivity contribution is 0.583. The summed E-state index contributed by atoms with van der Waals surface area (Å²) in [6, 6.07) is 37.3. The summed E-state index contributed by atoms with van der Waals surface area (Å²) < 4.78 is 16.0. The second-order valence-electron chi connectivity index (χ2n) is 10.5. The van der Waals surface area contributed by atoms with Gasteiger partial charge in [0.2, 0.25) is 0 Å². The van der Waals surface area contributed by atoms with Gasteiger partial charge in [0.05, 0.1) is 5.41 Å². The largest absolute Gasteiger partial charge is 0.309 e. The Labute approximate surface area is 228 Å². The van der Waals surface area contributed by atoms with Crippen molar-refractivity contribution in [2.24, 2.45) is 5.41 Å². The number of benzene rings is 4. The second-order valence-corrected chi connectivity index (χ2v) is 13.2. The molecule has 1 atom stereocenters. The van der Waals surface area contributed by atoms with Crippen molar-refractivity contribution in [1.29, 1.82) is 0 Å². The average Bonchev–Trinajstić information content (AvgIpc) is 3.58. The lowest BCUT2D eigenvalue weighted by atomic mass is 9.65. The van der Waals surface area contributed by atoms with Gasteiger partial charge in [0, 0.05) is 15.9 Å². The maximum atomic E-state index is 16.0. The van der Waals surface area contributed by atoms with Gasteiger partial charge in [0.15, 0.2) is 7.14 Å². The van der Waals surface area contributed by atoms with Crippen LogP contribution < -0.4 is 10.6 Å². The van der Waals surface area contributed by atoms with Crippen molar-refractivity contribution in [2.45, 2.75) is 0 Å². The Bertz CT molecular complexity index is 1850. The minimum atomic E-state index is -3.27. The lowest BCUT2D eigenvalue weighted by Gasteiger charge is -2.44. The fraction of sp³-hybridized carbons (Fsp3) is 0.0270. The first-order valence-electron chi connectivity index (χ1n) is 13.4. The van der Waals surface area contributed by atoms with Crippen molar-refractivity contribution in [2.75, 3.05) is 0 Å². The molecule has 0 aromatic heterocycles. The number of rotatable bonds is 3. The Hall–Kier alpha value is -4.45. The van der Waals surface area contributed by atoms with Gasteiger partial charge in [0.1, 0.15) is 0 Å². The van der Waals surface area contributed by atoms with Gasteiger partial charge in [-0.15, -0.1) is 0 Å². The number of fused-ring (bicyclic) bond motifs is 8. The fourth-order valence-corrected chi connectivity index (χ4v) is 9.96. The summed E-state index contributed by atoms with van der Waals surface area (Å²) in [4.78, 5) is 0. The first-order valence-corrected chi connectivity index (χ1v) is 15.1. The Kier molecular flexibility index (Phi) is 4.78. The second kappa shape index (κ2) is 8.27. The van der Waals surface area contributed by atoms with E-state index in [-0.39, 0.29) is 0 Å². The minimum absolute atomic E-state index is 0.673. The molecule has 1 nitrogen and oxygen atoms in total. The zero-order valence-electron chi connectivity index (χ0n) is 21.3. The van der Waals surface area contributed by atoms with Crippen LogP contribution in [0.5, 0.6) is 0 Å². The summed E-state index contributed by atoms with van der Waals surface area (Å²) in [6.07, 6.45) is 15.7.